The van der Waals surface area contributed by atoms with Crippen molar-refractivity contribution in [2.24, 2.45) is 0 Å². The Morgan fingerprint density at radius 2 is 2.10 bits per heavy atom. The van der Waals surface area contributed by atoms with Crippen LogP contribution in [0.15, 0.2) is 30.3 Å². The summed E-state index contributed by atoms with van der Waals surface area (Å²) < 4.78 is 5.30. The van der Waals surface area contributed by atoms with E-state index in [1.165, 1.54) is 0 Å². The lowest BCUT2D eigenvalue weighted by Gasteiger charge is -2.10. The number of halogens is 1. The van der Waals surface area contributed by atoms with Gasteiger partial charge >= 0.3 is 5.97 Å². The Morgan fingerprint density at radius 3 is 2.70 bits per heavy atom. The van der Waals surface area contributed by atoms with Crippen molar-refractivity contribution in [3.05, 3.63) is 46.6 Å². The van der Waals surface area contributed by atoms with Crippen LogP contribution in [-0.2, 0) is 11.2 Å². The van der Waals surface area contributed by atoms with Crippen LogP contribution in [0.4, 0.5) is 0 Å². The van der Waals surface area contributed by atoms with Gasteiger partial charge in [-0.1, -0.05) is 17.7 Å². The molecule has 1 heterocycles. The molecule has 0 aliphatic heterocycles. The number of hydrogen-bond donors (Lipinski definition) is 1. The molecule has 1 aromatic heterocycles. The number of aliphatic carboxylic acids is 1. The largest absolute Gasteiger partial charge is 0.496 e. The monoisotopic (exact) mass is 291 g/mol. The second-order valence-electron chi connectivity index (χ2n) is 4.36. The molecular weight excluding hydrogens is 278 g/mol. The highest BCUT2D eigenvalue weighted by Crippen LogP contribution is 2.31. The highest BCUT2D eigenvalue weighted by Gasteiger charge is 2.11. The van der Waals surface area contributed by atoms with Crippen molar-refractivity contribution >= 4 is 17.6 Å². The molecule has 0 saturated heterocycles. The lowest BCUT2D eigenvalue weighted by atomic mass is 10.1. The van der Waals surface area contributed by atoms with Gasteiger partial charge in [-0.25, -0.2) is 0 Å². The Morgan fingerprint density at radius 1 is 1.35 bits per heavy atom. The summed E-state index contributed by atoms with van der Waals surface area (Å²) in [5, 5.41) is 9.42. The van der Waals surface area contributed by atoms with Gasteiger partial charge in [0.05, 0.1) is 19.2 Å². The summed E-state index contributed by atoms with van der Waals surface area (Å²) in [7, 11) is 1.58. The summed E-state index contributed by atoms with van der Waals surface area (Å²) in [5.41, 5.74) is 2.87. The fourth-order valence-corrected chi connectivity index (χ4v) is 2.14. The Balaban J connectivity index is 2.46. The summed E-state index contributed by atoms with van der Waals surface area (Å²) in [6, 6.07) is 8.85. The van der Waals surface area contributed by atoms with Crippen LogP contribution in [0, 0.1) is 6.92 Å². The molecule has 0 aliphatic rings. The number of rotatable bonds is 4. The van der Waals surface area contributed by atoms with Crippen molar-refractivity contribution in [2.75, 3.05) is 7.11 Å². The third-order valence-corrected chi connectivity index (χ3v) is 3.21. The molecule has 1 aromatic carbocycles. The number of hydrogen-bond acceptors (Lipinski definition) is 3. The molecule has 0 spiro atoms. The third-order valence-electron chi connectivity index (χ3n) is 2.97. The topological polar surface area (TPSA) is 59.4 Å². The number of pyridine rings is 1. The minimum absolute atomic E-state index is 0.0359. The first-order valence-corrected chi connectivity index (χ1v) is 6.41. The first kappa shape index (κ1) is 14.3. The molecule has 2 rings (SSSR count). The summed E-state index contributed by atoms with van der Waals surface area (Å²) in [5.74, 6) is -0.199. The minimum atomic E-state index is -0.872. The van der Waals surface area contributed by atoms with Crippen LogP contribution in [-0.4, -0.2) is 23.2 Å². The molecule has 4 nitrogen and oxygen atoms in total. The molecule has 0 atom stereocenters. The SMILES string of the molecule is COc1ccc(Cl)cc1-c1ccc(CC(=O)O)c(C)n1. The van der Waals surface area contributed by atoms with Crippen molar-refractivity contribution in [1.82, 2.24) is 4.98 Å². The number of aromatic nitrogens is 1. The van der Waals surface area contributed by atoms with Gasteiger partial charge in [0.2, 0.25) is 0 Å². The van der Waals surface area contributed by atoms with E-state index in [1.54, 1.807) is 44.4 Å². The molecule has 20 heavy (non-hydrogen) atoms. The van der Waals surface area contributed by atoms with Gasteiger partial charge in [-0.3, -0.25) is 9.78 Å². The maximum Gasteiger partial charge on any atom is 0.307 e. The Hall–Kier alpha value is -2.07. The van der Waals surface area contributed by atoms with Gasteiger partial charge in [0, 0.05) is 16.3 Å². The number of ether oxygens (including phenoxy) is 1. The average Bonchev–Trinajstić information content (AvgIpc) is 2.40. The standard InChI is InChI=1S/C15H14ClNO3/c1-9-10(7-15(18)19)3-5-13(17-9)12-8-11(16)4-6-14(12)20-2/h3-6,8H,7H2,1-2H3,(H,18,19). The van der Waals surface area contributed by atoms with Gasteiger partial charge in [-0.05, 0) is 36.8 Å². The van der Waals surface area contributed by atoms with Gasteiger partial charge in [-0.15, -0.1) is 0 Å². The molecule has 2 aromatic rings. The molecule has 0 fully saturated rings. The van der Waals surface area contributed by atoms with Crippen molar-refractivity contribution in [2.45, 2.75) is 13.3 Å². The molecule has 1 N–H and O–H groups in total. The van der Waals surface area contributed by atoms with Crippen LogP contribution >= 0.6 is 11.6 Å². The number of aryl methyl sites for hydroxylation is 1. The Kier molecular flexibility index (Phi) is 4.25. The zero-order valence-corrected chi connectivity index (χ0v) is 11.9. The van der Waals surface area contributed by atoms with Gasteiger partial charge in [0.1, 0.15) is 5.75 Å². The third kappa shape index (κ3) is 3.08. The van der Waals surface area contributed by atoms with Crippen LogP contribution in [0.5, 0.6) is 5.75 Å². The van der Waals surface area contributed by atoms with E-state index in [2.05, 4.69) is 4.98 Å². The van der Waals surface area contributed by atoms with Crippen LogP contribution in [0.1, 0.15) is 11.3 Å². The molecule has 0 amide bonds. The number of nitrogens with zero attached hydrogens (tertiary/aromatic N) is 1. The van der Waals surface area contributed by atoms with Crippen molar-refractivity contribution in [1.29, 1.82) is 0 Å². The highest BCUT2D eigenvalue weighted by molar-refractivity contribution is 6.30. The van der Waals surface area contributed by atoms with E-state index in [0.29, 0.717) is 27.7 Å². The van der Waals surface area contributed by atoms with Crippen molar-refractivity contribution < 1.29 is 14.6 Å². The lowest BCUT2D eigenvalue weighted by molar-refractivity contribution is -0.136. The number of methoxy groups -OCH3 is 1. The summed E-state index contributed by atoms with van der Waals surface area (Å²) in [4.78, 5) is 15.2. The van der Waals surface area contributed by atoms with Crippen molar-refractivity contribution in [3.8, 4) is 17.0 Å². The maximum atomic E-state index is 10.8. The van der Waals surface area contributed by atoms with Crippen molar-refractivity contribution in [3.63, 3.8) is 0 Å². The van der Waals surface area contributed by atoms with E-state index in [-0.39, 0.29) is 6.42 Å². The van der Waals surface area contributed by atoms with Gasteiger partial charge in [-0.2, -0.15) is 0 Å². The zero-order valence-electron chi connectivity index (χ0n) is 11.2. The predicted octanol–water partition coefficient (Wildman–Crippen LogP) is 3.35. The number of carboxylic acid groups (broad SMARTS) is 1. The second-order valence-corrected chi connectivity index (χ2v) is 4.79. The predicted molar refractivity (Wildman–Crippen MR) is 77.3 cm³/mol. The summed E-state index contributed by atoms with van der Waals surface area (Å²) in [6.07, 6.45) is -0.0359. The van der Waals surface area contributed by atoms with E-state index < -0.39 is 5.97 Å². The molecule has 0 unspecified atom stereocenters. The first-order chi connectivity index (χ1) is 9.51. The normalized spacial score (nSPS) is 10.3. The van der Waals surface area contributed by atoms with Crippen LogP contribution in [0.2, 0.25) is 5.02 Å². The quantitative estimate of drug-likeness (QED) is 0.938. The summed E-state index contributed by atoms with van der Waals surface area (Å²) >= 11 is 6.00. The Labute approximate surface area is 122 Å². The van der Waals surface area contributed by atoms with Crippen LogP contribution < -0.4 is 4.74 Å². The molecule has 104 valence electrons. The minimum Gasteiger partial charge on any atom is -0.496 e. The smallest absolute Gasteiger partial charge is 0.307 e. The van der Waals surface area contributed by atoms with E-state index >= 15 is 0 Å². The number of carboxylic acids is 1. The van der Waals surface area contributed by atoms with Gasteiger partial charge in [0.15, 0.2) is 0 Å². The lowest BCUT2D eigenvalue weighted by Crippen LogP contribution is -2.03. The second kappa shape index (κ2) is 5.92. The zero-order chi connectivity index (χ0) is 14.7. The van der Waals surface area contributed by atoms with E-state index in [9.17, 15) is 4.79 Å². The fraction of sp³-hybridized carbons (Fsp3) is 0.200. The van der Waals surface area contributed by atoms with E-state index in [0.717, 1.165) is 5.56 Å². The Bertz CT molecular complexity index is 656. The molecule has 5 heteroatoms. The molecule has 0 bridgehead atoms. The van der Waals surface area contributed by atoms with Gasteiger partial charge < -0.3 is 9.84 Å². The molecule has 0 saturated carbocycles. The molecule has 0 radical (unpaired) electrons. The number of carbonyl (C=O) groups is 1. The van der Waals surface area contributed by atoms with E-state index in [1.807, 2.05) is 0 Å². The van der Waals surface area contributed by atoms with E-state index in [4.69, 9.17) is 21.4 Å². The number of benzene rings is 1. The fourth-order valence-electron chi connectivity index (χ4n) is 1.97. The van der Waals surface area contributed by atoms with Gasteiger partial charge in [0.25, 0.3) is 0 Å². The molecular formula is C15H14ClNO3. The summed E-state index contributed by atoms with van der Waals surface area (Å²) in [6.45, 7) is 1.79. The maximum absolute atomic E-state index is 10.8. The first-order valence-electron chi connectivity index (χ1n) is 6.03. The average molecular weight is 292 g/mol. The van der Waals surface area contributed by atoms with Crippen LogP contribution in [0.3, 0.4) is 0 Å². The molecule has 0 aliphatic carbocycles. The van der Waals surface area contributed by atoms with Crippen LogP contribution in [0.25, 0.3) is 11.3 Å². The highest BCUT2D eigenvalue weighted by atomic mass is 35.5.